The molecule has 1 aromatic carbocycles. The van der Waals surface area contributed by atoms with Crippen molar-refractivity contribution in [3.63, 3.8) is 0 Å². The third-order valence-electron chi connectivity index (χ3n) is 5.01. The highest BCUT2D eigenvalue weighted by Crippen LogP contribution is 2.40. The molecule has 30 heavy (non-hydrogen) atoms. The van der Waals surface area contributed by atoms with Crippen molar-refractivity contribution >= 4 is 23.0 Å². The molecule has 0 bridgehead atoms. The zero-order valence-electron chi connectivity index (χ0n) is 18.1. The van der Waals surface area contributed by atoms with Crippen molar-refractivity contribution in [1.29, 1.82) is 0 Å². The Morgan fingerprint density at radius 1 is 1.30 bits per heavy atom. The number of thiazole rings is 1. The van der Waals surface area contributed by atoms with Crippen LogP contribution in [0.5, 0.6) is 0 Å². The lowest BCUT2D eigenvalue weighted by molar-refractivity contribution is -0.129. The van der Waals surface area contributed by atoms with Gasteiger partial charge in [0.1, 0.15) is 0 Å². The normalized spacial score (nSPS) is 16.8. The van der Waals surface area contributed by atoms with E-state index in [1.165, 1.54) is 11.3 Å². The molecule has 0 saturated carbocycles. The lowest BCUT2D eigenvalue weighted by atomic mass is 9.94. The van der Waals surface area contributed by atoms with Gasteiger partial charge in [-0.05, 0) is 46.6 Å². The smallest absolute Gasteiger partial charge is 0.290 e. The Kier molecular flexibility index (Phi) is 6.73. The molecular formula is C23H28N2O4S. The number of rotatable bonds is 8. The summed E-state index contributed by atoms with van der Waals surface area (Å²) >= 11 is 1.28. The zero-order chi connectivity index (χ0) is 22.0. The monoisotopic (exact) mass is 428 g/mol. The second-order valence-electron chi connectivity index (χ2n) is 7.83. The Hall–Kier alpha value is -2.51. The number of aliphatic hydroxyl groups is 1. The molecule has 1 aliphatic rings. The van der Waals surface area contributed by atoms with Gasteiger partial charge in [0.25, 0.3) is 5.91 Å². The summed E-state index contributed by atoms with van der Waals surface area (Å²) in [7, 11) is 0. The largest absolute Gasteiger partial charge is 0.503 e. The summed E-state index contributed by atoms with van der Waals surface area (Å²) in [5.41, 5.74) is 2.56. The van der Waals surface area contributed by atoms with Crippen LogP contribution in [0.1, 0.15) is 57.8 Å². The molecule has 2 heterocycles. The van der Waals surface area contributed by atoms with Crippen molar-refractivity contribution in [3.8, 4) is 0 Å². The first-order valence-corrected chi connectivity index (χ1v) is 10.9. The maximum absolute atomic E-state index is 13.4. The van der Waals surface area contributed by atoms with Crippen LogP contribution in [0.15, 0.2) is 35.6 Å². The molecule has 1 amide bonds. The third-order valence-corrected chi connectivity index (χ3v) is 6.08. The van der Waals surface area contributed by atoms with E-state index in [0.29, 0.717) is 30.1 Å². The van der Waals surface area contributed by atoms with Crippen LogP contribution in [0.25, 0.3) is 0 Å². The quantitative estimate of drug-likeness (QED) is 0.496. The molecule has 2 aromatic rings. The summed E-state index contributed by atoms with van der Waals surface area (Å²) in [6.45, 7) is 10.4. The van der Waals surface area contributed by atoms with Crippen LogP contribution >= 0.6 is 11.3 Å². The second-order valence-corrected chi connectivity index (χ2v) is 9.03. The Labute approximate surface area is 181 Å². The topological polar surface area (TPSA) is 79.7 Å². The van der Waals surface area contributed by atoms with E-state index in [1.807, 2.05) is 52.0 Å². The molecule has 0 fully saturated rings. The zero-order valence-corrected chi connectivity index (χ0v) is 18.9. The summed E-state index contributed by atoms with van der Waals surface area (Å²) in [5.74, 6) is -1.33. The van der Waals surface area contributed by atoms with Gasteiger partial charge in [-0.1, -0.05) is 29.8 Å². The number of ether oxygens (including phenoxy) is 1. The minimum absolute atomic E-state index is 0.105. The summed E-state index contributed by atoms with van der Waals surface area (Å²) in [6.07, 6.45) is 0.715. The molecule has 3 rings (SSSR count). The number of amides is 1. The number of aliphatic hydroxyl groups excluding tert-OH is 1. The number of Topliss-reactive ketones (excluding diaryl/α,β-unsaturated/α-hetero) is 1. The van der Waals surface area contributed by atoms with E-state index in [-0.39, 0.29) is 17.5 Å². The highest BCUT2D eigenvalue weighted by atomic mass is 32.1. The van der Waals surface area contributed by atoms with Crippen molar-refractivity contribution < 1.29 is 19.4 Å². The Morgan fingerprint density at radius 2 is 2.03 bits per heavy atom. The minimum atomic E-state index is -0.634. The molecule has 0 spiro atoms. The number of ketones is 1. The van der Waals surface area contributed by atoms with E-state index in [1.54, 1.807) is 11.8 Å². The van der Waals surface area contributed by atoms with E-state index in [9.17, 15) is 14.7 Å². The van der Waals surface area contributed by atoms with Crippen molar-refractivity contribution in [2.45, 2.75) is 53.2 Å². The first-order valence-electron chi connectivity index (χ1n) is 10.1. The van der Waals surface area contributed by atoms with Gasteiger partial charge in [-0.15, -0.1) is 11.3 Å². The molecule has 0 radical (unpaired) electrons. The molecule has 160 valence electrons. The van der Waals surface area contributed by atoms with Gasteiger partial charge >= 0.3 is 0 Å². The van der Waals surface area contributed by atoms with Crippen LogP contribution in [0.4, 0.5) is 0 Å². The fourth-order valence-corrected chi connectivity index (χ4v) is 4.60. The van der Waals surface area contributed by atoms with Crippen molar-refractivity contribution in [1.82, 2.24) is 9.88 Å². The first-order chi connectivity index (χ1) is 14.2. The molecule has 7 heteroatoms. The van der Waals surface area contributed by atoms with Crippen LogP contribution in [0, 0.1) is 20.8 Å². The molecule has 0 aliphatic carbocycles. The molecule has 1 unspecified atom stereocenters. The van der Waals surface area contributed by atoms with Crippen LogP contribution in [0.3, 0.4) is 0 Å². The maximum atomic E-state index is 13.4. The predicted octanol–water partition coefficient (Wildman–Crippen LogP) is 4.46. The van der Waals surface area contributed by atoms with Crippen molar-refractivity contribution in [2.75, 3.05) is 13.2 Å². The van der Waals surface area contributed by atoms with E-state index in [4.69, 9.17) is 4.74 Å². The molecule has 1 N–H and O–H groups in total. The molecule has 1 atom stereocenters. The van der Waals surface area contributed by atoms with Gasteiger partial charge in [-0.3, -0.25) is 9.59 Å². The van der Waals surface area contributed by atoms with Crippen LogP contribution < -0.4 is 0 Å². The van der Waals surface area contributed by atoms with Crippen LogP contribution in [0.2, 0.25) is 0 Å². The second kappa shape index (κ2) is 9.10. The summed E-state index contributed by atoms with van der Waals surface area (Å²) in [6, 6.07) is 7.06. The van der Waals surface area contributed by atoms with Crippen molar-refractivity contribution in [2.24, 2.45) is 0 Å². The predicted molar refractivity (Wildman–Crippen MR) is 117 cm³/mol. The SMILES string of the molecule is Cc1cccc(C2C(C(=O)c3sc(C)nc3C)=C(O)C(=O)N2CCCOC(C)C)c1. The molecule has 0 saturated heterocycles. The summed E-state index contributed by atoms with van der Waals surface area (Å²) < 4.78 is 5.60. The average Bonchev–Trinajstić information content (AvgIpc) is 3.15. The molecule has 6 nitrogen and oxygen atoms in total. The number of carbonyl (C=O) groups is 2. The van der Waals surface area contributed by atoms with Crippen LogP contribution in [-0.4, -0.2) is 45.9 Å². The number of carbonyl (C=O) groups excluding carboxylic acids is 2. The Bertz CT molecular complexity index is 993. The van der Waals surface area contributed by atoms with E-state index in [0.717, 1.165) is 16.1 Å². The average molecular weight is 429 g/mol. The van der Waals surface area contributed by atoms with Gasteiger partial charge in [0.2, 0.25) is 5.78 Å². The number of aryl methyl sites for hydroxylation is 3. The standard InChI is InChI=1S/C23H28N2O4S/c1-13(2)29-11-7-10-25-19(17-9-6-8-14(3)12-17)18(21(27)23(25)28)20(26)22-15(4)24-16(5)30-22/h6,8-9,12-13,19,27H,7,10-11H2,1-5H3. The molecule has 1 aliphatic heterocycles. The maximum Gasteiger partial charge on any atom is 0.290 e. The number of aromatic nitrogens is 1. The van der Waals surface area contributed by atoms with Gasteiger partial charge < -0.3 is 14.7 Å². The van der Waals surface area contributed by atoms with Gasteiger partial charge in [0, 0.05) is 13.2 Å². The van der Waals surface area contributed by atoms with E-state index in [2.05, 4.69) is 4.98 Å². The molecular weight excluding hydrogens is 400 g/mol. The van der Waals surface area contributed by atoms with Gasteiger partial charge in [0.05, 0.1) is 33.3 Å². The molecule has 1 aromatic heterocycles. The number of benzene rings is 1. The highest BCUT2D eigenvalue weighted by Gasteiger charge is 2.44. The van der Waals surface area contributed by atoms with Gasteiger partial charge in [-0.2, -0.15) is 0 Å². The number of nitrogens with zero attached hydrogens (tertiary/aromatic N) is 2. The summed E-state index contributed by atoms with van der Waals surface area (Å²) in [4.78, 5) is 32.7. The third kappa shape index (κ3) is 4.47. The fraction of sp³-hybridized carbons (Fsp3) is 0.435. The van der Waals surface area contributed by atoms with E-state index < -0.39 is 17.7 Å². The highest BCUT2D eigenvalue weighted by molar-refractivity contribution is 7.14. The lowest BCUT2D eigenvalue weighted by Crippen LogP contribution is -2.32. The van der Waals surface area contributed by atoms with Gasteiger partial charge in [-0.25, -0.2) is 4.98 Å². The van der Waals surface area contributed by atoms with Crippen molar-refractivity contribution in [3.05, 3.63) is 62.3 Å². The first kappa shape index (κ1) is 22.2. The minimum Gasteiger partial charge on any atom is -0.503 e. The Morgan fingerprint density at radius 3 is 2.63 bits per heavy atom. The number of hydrogen-bond donors (Lipinski definition) is 1. The number of hydrogen-bond acceptors (Lipinski definition) is 6. The Balaban J connectivity index is 1.99. The summed E-state index contributed by atoms with van der Waals surface area (Å²) in [5, 5.41) is 11.5. The van der Waals surface area contributed by atoms with Crippen LogP contribution in [-0.2, 0) is 9.53 Å². The fourth-order valence-electron chi connectivity index (χ4n) is 3.72. The van der Waals surface area contributed by atoms with E-state index >= 15 is 0 Å². The lowest BCUT2D eigenvalue weighted by Gasteiger charge is -2.27. The van der Waals surface area contributed by atoms with Gasteiger partial charge in [0.15, 0.2) is 5.76 Å².